The topological polar surface area (TPSA) is 83.1 Å². The number of hydrogen-bond acceptors (Lipinski definition) is 5. The zero-order chi connectivity index (χ0) is 18.7. The Hall–Kier alpha value is -2.85. The van der Waals surface area contributed by atoms with Gasteiger partial charge in [-0.2, -0.15) is 5.26 Å². The summed E-state index contributed by atoms with van der Waals surface area (Å²) in [6.45, 7) is 2.77. The molecule has 0 radical (unpaired) electrons. The monoisotopic (exact) mass is 353 g/mol. The third-order valence-corrected chi connectivity index (χ3v) is 4.95. The highest BCUT2D eigenvalue weighted by atomic mass is 16.2. The first-order chi connectivity index (χ1) is 12.5. The number of rotatable bonds is 4. The van der Waals surface area contributed by atoms with Crippen LogP contribution in [-0.2, 0) is 20.6 Å². The van der Waals surface area contributed by atoms with Crippen LogP contribution in [0.3, 0.4) is 0 Å². The van der Waals surface area contributed by atoms with E-state index in [-0.39, 0.29) is 11.6 Å². The Kier molecular flexibility index (Phi) is 5.24. The predicted molar refractivity (Wildman–Crippen MR) is 100 cm³/mol. The summed E-state index contributed by atoms with van der Waals surface area (Å²) in [6.07, 6.45) is 1.78. The summed E-state index contributed by atoms with van der Waals surface area (Å²) in [4.78, 5) is 26.7. The van der Waals surface area contributed by atoms with E-state index in [1.54, 1.807) is 7.05 Å². The van der Waals surface area contributed by atoms with Gasteiger partial charge in [-0.05, 0) is 18.4 Å². The Morgan fingerprint density at radius 2 is 1.77 bits per heavy atom. The first kappa shape index (κ1) is 18.0. The van der Waals surface area contributed by atoms with Crippen LogP contribution in [-0.4, -0.2) is 33.2 Å². The van der Waals surface area contributed by atoms with Crippen LogP contribution in [0.25, 0.3) is 0 Å². The maximum atomic E-state index is 12.2. The molecule has 0 unspecified atom stereocenters. The second kappa shape index (κ2) is 7.58. The molecule has 0 amide bonds. The molecular formula is C19H23N5O2. The van der Waals surface area contributed by atoms with E-state index in [2.05, 4.69) is 22.3 Å². The van der Waals surface area contributed by atoms with Crippen molar-refractivity contribution in [3.63, 3.8) is 0 Å². The van der Waals surface area contributed by atoms with E-state index in [9.17, 15) is 14.9 Å². The number of nitrogens with one attached hydrogen (secondary N) is 1. The molecule has 136 valence electrons. The summed E-state index contributed by atoms with van der Waals surface area (Å²) in [7, 11) is 2.97. The van der Waals surface area contributed by atoms with Crippen molar-refractivity contribution < 1.29 is 0 Å². The Morgan fingerprint density at radius 1 is 1.12 bits per heavy atom. The maximum Gasteiger partial charge on any atom is 0.332 e. The van der Waals surface area contributed by atoms with Crippen molar-refractivity contribution in [1.82, 2.24) is 14.0 Å². The van der Waals surface area contributed by atoms with Crippen molar-refractivity contribution in [2.45, 2.75) is 25.4 Å². The van der Waals surface area contributed by atoms with Crippen molar-refractivity contribution >= 4 is 5.82 Å². The molecule has 1 fully saturated rings. The lowest BCUT2D eigenvalue weighted by atomic mass is 10.0. The van der Waals surface area contributed by atoms with Crippen LogP contribution < -0.4 is 16.6 Å². The van der Waals surface area contributed by atoms with Crippen molar-refractivity contribution in [1.29, 1.82) is 5.26 Å². The van der Waals surface area contributed by atoms with Crippen LogP contribution >= 0.6 is 0 Å². The van der Waals surface area contributed by atoms with E-state index in [1.807, 2.05) is 24.3 Å². The number of hydrogen-bond donors (Lipinski definition) is 1. The Morgan fingerprint density at radius 3 is 2.38 bits per heavy atom. The van der Waals surface area contributed by atoms with Crippen LogP contribution in [0.1, 0.15) is 24.0 Å². The van der Waals surface area contributed by atoms with Crippen LogP contribution in [0.2, 0.25) is 0 Å². The fourth-order valence-corrected chi connectivity index (χ4v) is 3.38. The third-order valence-electron chi connectivity index (χ3n) is 4.95. The molecule has 1 saturated heterocycles. The Labute approximate surface area is 152 Å². The molecule has 1 aromatic heterocycles. The quantitative estimate of drug-likeness (QED) is 0.888. The van der Waals surface area contributed by atoms with Gasteiger partial charge in [0.25, 0.3) is 5.56 Å². The summed E-state index contributed by atoms with van der Waals surface area (Å²) < 4.78 is 2.31. The molecule has 7 nitrogen and oxygen atoms in total. The van der Waals surface area contributed by atoms with Gasteiger partial charge >= 0.3 is 5.69 Å². The second-order valence-corrected chi connectivity index (χ2v) is 6.72. The van der Waals surface area contributed by atoms with Crippen molar-refractivity contribution in [3.8, 4) is 6.07 Å². The molecule has 3 rings (SSSR count). The molecule has 0 saturated carbocycles. The van der Waals surface area contributed by atoms with Crippen LogP contribution in [0, 0.1) is 11.3 Å². The summed E-state index contributed by atoms with van der Waals surface area (Å²) in [5, 5.41) is 12.6. The average Bonchev–Trinajstić information content (AvgIpc) is 2.67. The van der Waals surface area contributed by atoms with Gasteiger partial charge in [-0.1, -0.05) is 30.3 Å². The molecule has 1 N–H and O–H groups in total. The van der Waals surface area contributed by atoms with Gasteiger partial charge < -0.3 is 5.32 Å². The Bertz CT molecular complexity index is 931. The van der Waals surface area contributed by atoms with Gasteiger partial charge in [0, 0.05) is 39.8 Å². The third kappa shape index (κ3) is 3.55. The zero-order valence-electron chi connectivity index (χ0n) is 15.1. The molecule has 26 heavy (non-hydrogen) atoms. The van der Waals surface area contributed by atoms with E-state index in [0.717, 1.165) is 37.0 Å². The molecular weight excluding hydrogens is 330 g/mol. The normalized spacial score (nSPS) is 15.6. The molecule has 1 aromatic carbocycles. The van der Waals surface area contributed by atoms with Gasteiger partial charge in [-0.3, -0.25) is 18.8 Å². The number of aromatic nitrogens is 2. The molecule has 7 heteroatoms. The van der Waals surface area contributed by atoms with Gasteiger partial charge in [0.1, 0.15) is 11.9 Å². The predicted octanol–water partition coefficient (Wildman–Crippen LogP) is 1.03. The van der Waals surface area contributed by atoms with E-state index < -0.39 is 11.2 Å². The molecule has 2 heterocycles. The highest BCUT2D eigenvalue weighted by Gasteiger charge is 2.23. The van der Waals surface area contributed by atoms with Crippen LogP contribution in [0.4, 0.5) is 5.82 Å². The number of likely N-dealkylation sites (tertiary alicyclic amines) is 1. The van der Waals surface area contributed by atoms with Crippen molar-refractivity contribution in [2.24, 2.45) is 14.1 Å². The lowest BCUT2D eigenvalue weighted by molar-refractivity contribution is 0.211. The van der Waals surface area contributed by atoms with E-state index in [4.69, 9.17) is 0 Å². The standard InChI is InChI=1S/C19H23N5O2/c1-22-17(16(12-20)18(25)23(2)19(22)26)21-15-8-10-24(11-9-15)13-14-6-4-3-5-7-14/h3-7,15,21H,8-11,13H2,1-2H3. The molecule has 1 aliphatic heterocycles. The van der Waals surface area contributed by atoms with Crippen LogP contribution in [0.5, 0.6) is 0 Å². The molecule has 1 aliphatic rings. The number of piperidine rings is 1. The van der Waals surface area contributed by atoms with E-state index in [0.29, 0.717) is 5.82 Å². The SMILES string of the molecule is Cn1c(NC2CCN(Cc3ccccc3)CC2)c(C#N)c(=O)n(C)c1=O. The van der Waals surface area contributed by atoms with Gasteiger partial charge in [0.2, 0.25) is 0 Å². The number of anilines is 1. The molecule has 0 atom stereocenters. The van der Waals surface area contributed by atoms with Gasteiger partial charge in [0.15, 0.2) is 5.56 Å². The number of nitrogens with zero attached hydrogens (tertiary/aromatic N) is 4. The fourth-order valence-electron chi connectivity index (χ4n) is 3.38. The minimum Gasteiger partial charge on any atom is -0.367 e. The lowest BCUT2D eigenvalue weighted by Crippen LogP contribution is -2.43. The van der Waals surface area contributed by atoms with Gasteiger partial charge in [0.05, 0.1) is 0 Å². The number of nitriles is 1. The van der Waals surface area contributed by atoms with E-state index in [1.165, 1.54) is 17.2 Å². The number of benzene rings is 1. The van der Waals surface area contributed by atoms with E-state index >= 15 is 0 Å². The molecule has 0 aliphatic carbocycles. The maximum absolute atomic E-state index is 12.2. The highest BCUT2D eigenvalue weighted by Crippen LogP contribution is 2.18. The van der Waals surface area contributed by atoms with Crippen LogP contribution in [0.15, 0.2) is 39.9 Å². The van der Waals surface area contributed by atoms with Gasteiger partial charge in [-0.15, -0.1) is 0 Å². The first-order valence-corrected chi connectivity index (χ1v) is 8.74. The minimum atomic E-state index is -0.556. The highest BCUT2D eigenvalue weighted by molar-refractivity contribution is 5.51. The summed E-state index contributed by atoms with van der Waals surface area (Å²) >= 11 is 0. The largest absolute Gasteiger partial charge is 0.367 e. The molecule has 0 spiro atoms. The lowest BCUT2D eigenvalue weighted by Gasteiger charge is -2.33. The zero-order valence-corrected chi connectivity index (χ0v) is 15.1. The summed E-state index contributed by atoms with van der Waals surface area (Å²) in [5.41, 5.74) is 0.290. The van der Waals surface area contributed by atoms with Crippen molar-refractivity contribution in [3.05, 3.63) is 62.3 Å². The average molecular weight is 353 g/mol. The smallest absolute Gasteiger partial charge is 0.332 e. The Balaban J connectivity index is 1.70. The van der Waals surface area contributed by atoms with Gasteiger partial charge in [-0.25, -0.2) is 4.79 Å². The summed E-state index contributed by atoms with van der Waals surface area (Å²) in [6, 6.07) is 12.4. The second-order valence-electron chi connectivity index (χ2n) is 6.72. The van der Waals surface area contributed by atoms with Crippen molar-refractivity contribution in [2.75, 3.05) is 18.4 Å². The first-order valence-electron chi connectivity index (χ1n) is 8.74. The molecule has 0 bridgehead atoms. The summed E-state index contributed by atoms with van der Waals surface area (Å²) in [5.74, 6) is 0.321. The molecule has 2 aromatic rings. The fraction of sp³-hybridized carbons (Fsp3) is 0.421. The minimum absolute atomic E-state index is 0.0127.